The van der Waals surface area contributed by atoms with Crippen LogP contribution in [-0.4, -0.2) is 36.0 Å². The van der Waals surface area contributed by atoms with E-state index in [1.165, 1.54) is 23.9 Å². The molecule has 0 spiro atoms. The normalized spacial score (nSPS) is 11.8. The van der Waals surface area contributed by atoms with Crippen molar-refractivity contribution in [1.29, 1.82) is 0 Å². The van der Waals surface area contributed by atoms with Crippen molar-refractivity contribution in [3.63, 3.8) is 0 Å². The second-order valence-corrected chi connectivity index (χ2v) is 5.31. The molecule has 0 saturated carbocycles. The Hall–Kier alpha value is -1.60. The highest BCUT2D eigenvalue weighted by molar-refractivity contribution is 8.00. The first-order valence-electron chi connectivity index (χ1n) is 6.54. The number of carbonyl (C=O) groups is 2. The van der Waals surface area contributed by atoms with Gasteiger partial charge in [0, 0.05) is 12.3 Å². The molecule has 7 heteroatoms. The summed E-state index contributed by atoms with van der Waals surface area (Å²) < 4.78 is 17.5. The number of esters is 1. The second kappa shape index (κ2) is 9.36. The molecule has 0 heterocycles. The number of amides is 1. The van der Waals surface area contributed by atoms with Crippen LogP contribution >= 0.6 is 11.8 Å². The van der Waals surface area contributed by atoms with Crippen LogP contribution in [0.2, 0.25) is 0 Å². The van der Waals surface area contributed by atoms with Gasteiger partial charge in [-0.2, -0.15) is 0 Å². The fourth-order valence-electron chi connectivity index (χ4n) is 1.45. The lowest BCUT2D eigenvalue weighted by Gasteiger charge is -2.10. The van der Waals surface area contributed by atoms with Crippen molar-refractivity contribution in [3.8, 4) is 0 Å². The van der Waals surface area contributed by atoms with Crippen molar-refractivity contribution >= 4 is 23.6 Å². The highest BCUT2D eigenvalue weighted by Crippen LogP contribution is 2.04. The van der Waals surface area contributed by atoms with E-state index in [0.717, 1.165) is 5.56 Å². The van der Waals surface area contributed by atoms with E-state index in [4.69, 9.17) is 10.5 Å². The van der Waals surface area contributed by atoms with Crippen molar-refractivity contribution in [2.45, 2.75) is 19.5 Å². The molecule has 1 aromatic carbocycles. The number of nitrogens with two attached hydrogens (primary N) is 1. The van der Waals surface area contributed by atoms with Crippen LogP contribution in [0.15, 0.2) is 24.3 Å². The van der Waals surface area contributed by atoms with Crippen molar-refractivity contribution in [2.24, 2.45) is 5.73 Å². The third kappa shape index (κ3) is 7.10. The van der Waals surface area contributed by atoms with Gasteiger partial charge in [0.15, 0.2) is 0 Å². The molecule has 1 aromatic rings. The highest BCUT2D eigenvalue weighted by Gasteiger charge is 2.14. The van der Waals surface area contributed by atoms with Gasteiger partial charge in [-0.25, -0.2) is 4.39 Å². The van der Waals surface area contributed by atoms with Crippen LogP contribution < -0.4 is 11.1 Å². The Morgan fingerprint density at radius 1 is 1.38 bits per heavy atom. The van der Waals surface area contributed by atoms with Gasteiger partial charge >= 0.3 is 5.97 Å². The predicted octanol–water partition coefficient (Wildman–Crippen LogP) is 1.07. The van der Waals surface area contributed by atoms with Crippen LogP contribution in [-0.2, 0) is 20.9 Å². The molecular weight excluding hydrogens is 295 g/mol. The second-order valence-electron chi connectivity index (χ2n) is 4.28. The molecule has 1 rings (SSSR count). The Balaban J connectivity index is 2.19. The predicted molar refractivity (Wildman–Crippen MR) is 80.2 cm³/mol. The molecule has 116 valence electrons. The molecular formula is C14H19FN2O3S. The summed E-state index contributed by atoms with van der Waals surface area (Å²) in [5.41, 5.74) is 6.42. The number of hydrogen-bond donors (Lipinski definition) is 2. The van der Waals surface area contributed by atoms with Gasteiger partial charge in [-0.15, -0.1) is 11.8 Å². The van der Waals surface area contributed by atoms with Gasteiger partial charge in [-0.05, 0) is 24.6 Å². The Bertz CT molecular complexity index is 468. The van der Waals surface area contributed by atoms with E-state index in [-0.39, 0.29) is 24.1 Å². The van der Waals surface area contributed by atoms with E-state index in [2.05, 4.69) is 5.32 Å². The quantitative estimate of drug-likeness (QED) is 0.701. The van der Waals surface area contributed by atoms with E-state index in [1.807, 2.05) is 0 Å². The molecule has 0 fully saturated rings. The Labute approximate surface area is 127 Å². The topological polar surface area (TPSA) is 81.4 Å². The number of ether oxygens (including phenoxy) is 1. The molecule has 0 radical (unpaired) electrons. The Kier molecular flexibility index (Phi) is 7.78. The van der Waals surface area contributed by atoms with E-state index < -0.39 is 12.0 Å². The molecule has 0 bridgehead atoms. The van der Waals surface area contributed by atoms with Crippen molar-refractivity contribution in [1.82, 2.24) is 5.32 Å². The number of nitrogens with one attached hydrogen (secondary N) is 1. The van der Waals surface area contributed by atoms with Crippen LogP contribution in [0, 0.1) is 5.82 Å². The van der Waals surface area contributed by atoms with Gasteiger partial charge in [0.05, 0.1) is 12.4 Å². The first-order chi connectivity index (χ1) is 10.0. The number of halogens is 1. The zero-order valence-corrected chi connectivity index (χ0v) is 12.6. The fourth-order valence-corrected chi connectivity index (χ4v) is 2.25. The van der Waals surface area contributed by atoms with Gasteiger partial charge in [-0.3, -0.25) is 9.59 Å². The molecule has 1 amide bonds. The van der Waals surface area contributed by atoms with E-state index >= 15 is 0 Å². The van der Waals surface area contributed by atoms with E-state index in [9.17, 15) is 14.0 Å². The summed E-state index contributed by atoms with van der Waals surface area (Å²) in [4.78, 5) is 22.9. The third-order valence-corrected chi connectivity index (χ3v) is 3.58. The molecule has 0 aromatic heterocycles. The minimum atomic E-state index is -0.722. The van der Waals surface area contributed by atoms with Crippen LogP contribution in [0.5, 0.6) is 0 Å². The molecule has 21 heavy (non-hydrogen) atoms. The maximum Gasteiger partial charge on any atom is 0.323 e. The molecule has 0 aliphatic carbocycles. The molecule has 3 N–H and O–H groups in total. The minimum absolute atomic E-state index is 0.166. The maximum absolute atomic E-state index is 12.7. The van der Waals surface area contributed by atoms with Crippen LogP contribution in [0.4, 0.5) is 4.39 Å². The summed E-state index contributed by atoms with van der Waals surface area (Å²) in [6.45, 7) is 2.33. The van der Waals surface area contributed by atoms with Gasteiger partial charge in [0.1, 0.15) is 11.9 Å². The monoisotopic (exact) mass is 314 g/mol. The zero-order valence-electron chi connectivity index (χ0n) is 11.8. The smallest absolute Gasteiger partial charge is 0.323 e. The maximum atomic E-state index is 12.7. The summed E-state index contributed by atoms with van der Waals surface area (Å²) in [5, 5.41) is 2.71. The number of rotatable bonds is 8. The van der Waals surface area contributed by atoms with E-state index in [0.29, 0.717) is 12.3 Å². The Morgan fingerprint density at radius 3 is 2.67 bits per heavy atom. The highest BCUT2D eigenvalue weighted by atomic mass is 32.2. The van der Waals surface area contributed by atoms with Crippen LogP contribution in [0.25, 0.3) is 0 Å². The van der Waals surface area contributed by atoms with Gasteiger partial charge < -0.3 is 15.8 Å². The number of thioether (sulfide) groups is 1. The standard InChI is InChI=1S/C14H19FN2O3S/c1-2-20-14(19)12(16)8-21-9-13(18)17-7-10-3-5-11(15)6-4-10/h3-6,12H,2,7-9,16H2,1H3,(H,17,18). The van der Waals surface area contributed by atoms with Gasteiger partial charge in [0.25, 0.3) is 0 Å². The summed E-state index contributed by atoms with van der Waals surface area (Å²) in [7, 11) is 0. The summed E-state index contributed by atoms with van der Waals surface area (Å²) in [6, 6.07) is 5.18. The summed E-state index contributed by atoms with van der Waals surface area (Å²) in [6.07, 6.45) is 0. The number of carbonyl (C=O) groups excluding carboxylic acids is 2. The van der Waals surface area contributed by atoms with Crippen molar-refractivity contribution in [2.75, 3.05) is 18.1 Å². The zero-order chi connectivity index (χ0) is 15.7. The molecule has 0 saturated heterocycles. The number of hydrogen-bond acceptors (Lipinski definition) is 5. The molecule has 0 aliphatic heterocycles. The average molecular weight is 314 g/mol. The lowest BCUT2D eigenvalue weighted by Crippen LogP contribution is -2.35. The minimum Gasteiger partial charge on any atom is -0.465 e. The third-order valence-electron chi connectivity index (χ3n) is 2.52. The van der Waals surface area contributed by atoms with Crippen LogP contribution in [0.3, 0.4) is 0 Å². The van der Waals surface area contributed by atoms with Crippen molar-refractivity contribution < 1.29 is 18.7 Å². The Morgan fingerprint density at radius 2 is 2.05 bits per heavy atom. The van der Waals surface area contributed by atoms with Gasteiger partial charge in [-0.1, -0.05) is 12.1 Å². The lowest BCUT2D eigenvalue weighted by molar-refractivity contribution is -0.144. The van der Waals surface area contributed by atoms with Crippen LogP contribution in [0.1, 0.15) is 12.5 Å². The fraction of sp³-hybridized carbons (Fsp3) is 0.429. The summed E-state index contributed by atoms with van der Waals surface area (Å²) in [5.74, 6) is -0.414. The lowest BCUT2D eigenvalue weighted by atomic mass is 10.2. The molecule has 0 aliphatic rings. The SMILES string of the molecule is CCOC(=O)C(N)CSCC(=O)NCc1ccc(F)cc1. The summed E-state index contributed by atoms with van der Waals surface area (Å²) >= 11 is 1.26. The largest absolute Gasteiger partial charge is 0.465 e. The average Bonchev–Trinajstić information content (AvgIpc) is 2.46. The van der Waals surface area contributed by atoms with Gasteiger partial charge in [0.2, 0.25) is 5.91 Å². The molecule has 1 atom stereocenters. The molecule has 5 nitrogen and oxygen atoms in total. The van der Waals surface area contributed by atoms with E-state index in [1.54, 1.807) is 19.1 Å². The van der Waals surface area contributed by atoms with Crippen molar-refractivity contribution in [3.05, 3.63) is 35.6 Å². The molecule has 1 unspecified atom stereocenters. The number of benzene rings is 1. The first-order valence-corrected chi connectivity index (χ1v) is 7.69. The first kappa shape index (κ1) is 17.5.